The van der Waals surface area contributed by atoms with Crippen molar-refractivity contribution < 1.29 is 18.6 Å². The van der Waals surface area contributed by atoms with Gasteiger partial charge in [-0.05, 0) is 25.1 Å². The van der Waals surface area contributed by atoms with Crippen LogP contribution >= 0.6 is 0 Å². The van der Waals surface area contributed by atoms with Gasteiger partial charge in [0.1, 0.15) is 17.3 Å². The fourth-order valence-electron chi connectivity index (χ4n) is 2.64. The minimum absolute atomic E-state index is 0.557. The lowest BCUT2D eigenvalue weighted by molar-refractivity contribution is 0.0335. The van der Waals surface area contributed by atoms with Gasteiger partial charge in [0.05, 0.1) is 38.7 Å². The zero-order chi connectivity index (χ0) is 16.2. The van der Waals surface area contributed by atoms with Gasteiger partial charge in [0.2, 0.25) is 5.89 Å². The van der Waals surface area contributed by atoms with Crippen LogP contribution in [0.15, 0.2) is 22.6 Å². The van der Waals surface area contributed by atoms with Crippen molar-refractivity contribution in [3.8, 4) is 23.0 Å². The van der Waals surface area contributed by atoms with Crippen LogP contribution in [-0.4, -0.2) is 50.4 Å². The van der Waals surface area contributed by atoms with E-state index in [1.54, 1.807) is 14.2 Å². The fraction of sp³-hybridized carbons (Fsp3) is 0.471. The predicted molar refractivity (Wildman–Crippen MR) is 85.9 cm³/mol. The molecule has 0 spiro atoms. The van der Waals surface area contributed by atoms with E-state index in [4.69, 9.17) is 18.6 Å². The molecule has 0 radical (unpaired) electrons. The van der Waals surface area contributed by atoms with Crippen molar-refractivity contribution in [1.29, 1.82) is 0 Å². The third-order valence-electron chi connectivity index (χ3n) is 4.01. The lowest BCUT2D eigenvalue weighted by atomic mass is 10.2. The molecule has 0 bridgehead atoms. The van der Waals surface area contributed by atoms with Crippen LogP contribution in [0, 0.1) is 6.92 Å². The van der Waals surface area contributed by atoms with E-state index in [0.717, 1.165) is 55.6 Å². The standard InChI is InChI=1S/C17H22N2O4/c1-12-15(11-19-6-8-22-9-7-19)18-17(23-12)14-10-13(20-2)4-5-16(14)21-3/h4-5,10H,6-9,11H2,1-3H3. The van der Waals surface area contributed by atoms with Crippen LogP contribution in [0.5, 0.6) is 11.5 Å². The largest absolute Gasteiger partial charge is 0.497 e. The SMILES string of the molecule is COc1ccc(OC)c(-c2nc(CN3CCOCC3)c(C)o2)c1. The van der Waals surface area contributed by atoms with Crippen molar-refractivity contribution in [2.75, 3.05) is 40.5 Å². The first-order valence-corrected chi connectivity index (χ1v) is 7.70. The van der Waals surface area contributed by atoms with Gasteiger partial charge in [0.15, 0.2) is 0 Å². The lowest BCUT2D eigenvalue weighted by Gasteiger charge is -2.25. The summed E-state index contributed by atoms with van der Waals surface area (Å²) in [5, 5.41) is 0. The van der Waals surface area contributed by atoms with E-state index >= 15 is 0 Å². The molecule has 0 unspecified atom stereocenters. The summed E-state index contributed by atoms with van der Waals surface area (Å²) < 4.78 is 22.0. The first-order valence-electron chi connectivity index (χ1n) is 7.70. The van der Waals surface area contributed by atoms with E-state index in [0.29, 0.717) is 11.6 Å². The highest BCUT2D eigenvalue weighted by atomic mass is 16.5. The van der Waals surface area contributed by atoms with Crippen molar-refractivity contribution in [1.82, 2.24) is 9.88 Å². The van der Waals surface area contributed by atoms with Crippen LogP contribution in [0.3, 0.4) is 0 Å². The van der Waals surface area contributed by atoms with Crippen molar-refractivity contribution >= 4 is 0 Å². The first kappa shape index (κ1) is 15.8. The van der Waals surface area contributed by atoms with Crippen molar-refractivity contribution in [3.63, 3.8) is 0 Å². The summed E-state index contributed by atoms with van der Waals surface area (Å²) in [7, 11) is 3.27. The van der Waals surface area contributed by atoms with Crippen molar-refractivity contribution in [2.45, 2.75) is 13.5 Å². The number of rotatable bonds is 5. The zero-order valence-corrected chi connectivity index (χ0v) is 13.8. The van der Waals surface area contributed by atoms with Gasteiger partial charge in [-0.25, -0.2) is 4.98 Å². The number of aryl methyl sites for hydroxylation is 1. The number of nitrogens with zero attached hydrogens (tertiary/aromatic N) is 2. The van der Waals surface area contributed by atoms with Crippen LogP contribution in [0.25, 0.3) is 11.5 Å². The van der Waals surface area contributed by atoms with Gasteiger partial charge < -0.3 is 18.6 Å². The summed E-state index contributed by atoms with van der Waals surface area (Å²) in [6.45, 7) is 6.10. The smallest absolute Gasteiger partial charge is 0.230 e. The number of oxazole rings is 1. The highest BCUT2D eigenvalue weighted by Crippen LogP contribution is 2.34. The van der Waals surface area contributed by atoms with Gasteiger partial charge in [0.25, 0.3) is 0 Å². The fourth-order valence-corrected chi connectivity index (χ4v) is 2.64. The predicted octanol–water partition coefficient (Wildman–Crippen LogP) is 2.50. The van der Waals surface area contributed by atoms with E-state index in [2.05, 4.69) is 9.88 Å². The molecular weight excluding hydrogens is 296 g/mol. The summed E-state index contributed by atoms with van der Waals surface area (Å²) >= 11 is 0. The molecule has 6 heteroatoms. The average molecular weight is 318 g/mol. The maximum Gasteiger partial charge on any atom is 0.230 e. The van der Waals surface area contributed by atoms with Crippen molar-refractivity contribution in [3.05, 3.63) is 29.7 Å². The highest BCUT2D eigenvalue weighted by Gasteiger charge is 2.19. The summed E-state index contributed by atoms with van der Waals surface area (Å²) in [6, 6.07) is 5.59. The van der Waals surface area contributed by atoms with Crippen LogP contribution in [0.2, 0.25) is 0 Å². The van der Waals surface area contributed by atoms with Crippen LogP contribution in [0.4, 0.5) is 0 Å². The molecule has 2 aromatic rings. The molecule has 1 aromatic carbocycles. The number of aromatic nitrogens is 1. The van der Waals surface area contributed by atoms with Crippen LogP contribution in [0.1, 0.15) is 11.5 Å². The molecule has 23 heavy (non-hydrogen) atoms. The van der Waals surface area contributed by atoms with Gasteiger partial charge in [0, 0.05) is 19.6 Å². The second-order valence-electron chi connectivity index (χ2n) is 5.48. The Labute approximate surface area is 136 Å². The molecule has 0 aliphatic carbocycles. The Kier molecular flexibility index (Phi) is 4.83. The van der Waals surface area contributed by atoms with E-state index in [1.165, 1.54) is 0 Å². The number of hydrogen-bond acceptors (Lipinski definition) is 6. The lowest BCUT2D eigenvalue weighted by Crippen LogP contribution is -2.35. The number of methoxy groups -OCH3 is 2. The Hall–Kier alpha value is -2.05. The summed E-state index contributed by atoms with van der Waals surface area (Å²) in [5.41, 5.74) is 1.75. The second-order valence-corrected chi connectivity index (χ2v) is 5.48. The van der Waals surface area contributed by atoms with Crippen molar-refractivity contribution in [2.24, 2.45) is 0 Å². The molecule has 1 saturated heterocycles. The minimum Gasteiger partial charge on any atom is -0.497 e. The summed E-state index contributed by atoms with van der Waals surface area (Å²) in [6.07, 6.45) is 0. The summed E-state index contributed by atoms with van der Waals surface area (Å²) in [4.78, 5) is 6.99. The van der Waals surface area contributed by atoms with Gasteiger partial charge in [-0.3, -0.25) is 4.90 Å². The highest BCUT2D eigenvalue weighted by molar-refractivity contribution is 5.65. The maximum atomic E-state index is 5.88. The summed E-state index contributed by atoms with van der Waals surface area (Å²) in [5.74, 6) is 2.84. The molecule has 0 atom stereocenters. The maximum absolute atomic E-state index is 5.88. The molecular formula is C17H22N2O4. The number of benzene rings is 1. The zero-order valence-electron chi connectivity index (χ0n) is 13.8. The van der Waals surface area contributed by atoms with Gasteiger partial charge in [-0.1, -0.05) is 0 Å². The Morgan fingerprint density at radius 3 is 2.65 bits per heavy atom. The topological polar surface area (TPSA) is 57.0 Å². The molecule has 0 amide bonds. The van der Waals surface area contributed by atoms with E-state index < -0.39 is 0 Å². The number of hydrogen-bond donors (Lipinski definition) is 0. The third-order valence-corrected chi connectivity index (χ3v) is 4.01. The van der Waals surface area contributed by atoms with Gasteiger partial charge in [-0.15, -0.1) is 0 Å². The normalized spacial score (nSPS) is 15.6. The Balaban J connectivity index is 1.87. The Morgan fingerprint density at radius 2 is 1.96 bits per heavy atom. The molecule has 0 N–H and O–H groups in total. The van der Waals surface area contributed by atoms with Gasteiger partial charge in [-0.2, -0.15) is 0 Å². The molecule has 2 heterocycles. The molecule has 0 saturated carbocycles. The quantitative estimate of drug-likeness (QED) is 0.844. The molecule has 1 aliphatic heterocycles. The molecule has 1 aliphatic rings. The number of ether oxygens (including phenoxy) is 3. The van der Waals surface area contributed by atoms with E-state index in [1.807, 2.05) is 25.1 Å². The van der Waals surface area contributed by atoms with Gasteiger partial charge >= 0.3 is 0 Å². The molecule has 124 valence electrons. The Morgan fingerprint density at radius 1 is 1.17 bits per heavy atom. The molecule has 1 aromatic heterocycles. The first-order chi connectivity index (χ1) is 11.2. The Bertz CT molecular complexity index is 663. The van der Waals surface area contributed by atoms with Crippen LogP contribution in [-0.2, 0) is 11.3 Å². The molecule has 3 rings (SSSR count). The minimum atomic E-state index is 0.557. The van der Waals surface area contributed by atoms with Crippen LogP contribution < -0.4 is 9.47 Å². The van der Waals surface area contributed by atoms with E-state index in [9.17, 15) is 0 Å². The second kappa shape index (κ2) is 7.02. The van der Waals surface area contributed by atoms with E-state index in [-0.39, 0.29) is 0 Å². The number of morpholine rings is 1. The third kappa shape index (κ3) is 3.48. The molecule has 6 nitrogen and oxygen atoms in total. The average Bonchev–Trinajstić information content (AvgIpc) is 2.95. The molecule has 1 fully saturated rings. The monoisotopic (exact) mass is 318 g/mol.